The SMILES string of the molecule is CSc1ccccc1OC1(CCN)CCC1. The third kappa shape index (κ3) is 2.36. The van der Waals surface area contributed by atoms with Crippen LogP contribution >= 0.6 is 11.8 Å². The van der Waals surface area contributed by atoms with E-state index in [1.807, 2.05) is 6.07 Å². The predicted molar refractivity (Wildman–Crippen MR) is 69.1 cm³/mol. The summed E-state index contributed by atoms with van der Waals surface area (Å²) in [7, 11) is 0. The Kier molecular flexibility index (Phi) is 3.77. The molecule has 88 valence electrons. The highest BCUT2D eigenvalue weighted by molar-refractivity contribution is 7.98. The Balaban J connectivity index is 2.12. The number of para-hydroxylation sites is 1. The number of benzene rings is 1. The molecule has 0 radical (unpaired) electrons. The van der Waals surface area contributed by atoms with Crippen molar-refractivity contribution in [1.29, 1.82) is 0 Å². The number of rotatable bonds is 5. The van der Waals surface area contributed by atoms with Crippen molar-refractivity contribution >= 4 is 11.8 Å². The molecule has 2 nitrogen and oxygen atoms in total. The molecule has 0 atom stereocenters. The molecule has 0 amide bonds. The second-order valence-electron chi connectivity index (χ2n) is 4.33. The van der Waals surface area contributed by atoms with E-state index in [4.69, 9.17) is 10.5 Å². The zero-order valence-electron chi connectivity index (χ0n) is 9.74. The van der Waals surface area contributed by atoms with Crippen LogP contribution in [0.25, 0.3) is 0 Å². The first-order valence-electron chi connectivity index (χ1n) is 5.82. The molecule has 3 heteroatoms. The monoisotopic (exact) mass is 237 g/mol. The molecule has 2 rings (SSSR count). The molecule has 0 unspecified atom stereocenters. The Bertz CT molecular complexity index is 350. The second kappa shape index (κ2) is 5.11. The van der Waals surface area contributed by atoms with Gasteiger partial charge in [-0.05, 0) is 50.6 Å². The summed E-state index contributed by atoms with van der Waals surface area (Å²) in [5.41, 5.74) is 5.69. The van der Waals surface area contributed by atoms with E-state index >= 15 is 0 Å². The molecule has 0 aliphatic heterocycles. The second-order valence-corrected chi connectivity index (χ2v) is 5.18. The first kappa shape index (κ1) is 11.8. The lowest BCUT2D eigenvalue weighted by Gasteiger charge is -2.42. The molecule has 1 aromatic rings. The molecule has 1 aliphatic carbocycles. The number of ether oxygens (including phenoxy) is 1. The number of thioether (sulfide) groups is 1. The predicted octanol–water partition coefficient (Wildman–Crippen LogP) is 3.06. The van der Waals surface area contributed by atoms with Gasteiger partial charge in [0.25, 0.3) is 0 Å². The van der Waals surface area contributed by atoms with Crippen molar-refractivity contribution in [2.24, 2.45) is 5.73 Å². The van der Waals surface area contributed by atoms with E-state index in [1.54, 1.807) is 11.8 Å². The normalized spacial score (nSPS) is 17.9. The fourth-order valence-electron chi connectivity index (χ4n) is 2.17. The van der Waals surface area contributed by atoms with E-state index < -0.39 is 0 Å². The lowest BCUT2D eigenvalue weighted by Crippen LogP contribution is -2.44. The molecule has 0 bridgehead atoms. The summed E-state index contributed by atoms with van der Waals surface area (Å²) in [5, 5.41) is 0. The van der Waals surface area contributed by atoms with Crippen LogP contribution in [0.3, 0.4) is 0 Å². The van der Waals surface area contributed by atoms with Crippen LogP contribution in [0.5, 0.6) is 5.75 Å². The van der Waals surface area contributed by atoms with Gasteiger partial charge in [0.15, 0.2) is 0 Å². The van der Waals surface area contributed by atoms with Gasteiger partial charge in [0.1, 0.15) is 11.4 Å². The fourth-order valence-corrected chi connectivity index (χ4v) is 2.70. The molecule has 2 N–H and O–H groups in total. The zero-order valence-corrected chi connectivity index (χ0v) is 10.6. The Morgan fingerprint density at radius 1 is 1.38 bits per heavy atom. The van der Waals surface area contributed by atoms with Gasteiger partial charge in [0.2, 0.25) is 0 Å². The van der Waals surface area contributed by atoms with E-state index in [2.05, 4.69) is 24.5 Å². The summed E-state index contributed by atoms with van der Waals surface area (Å²) < 4.78 is 6.20. The first-order chi connectivity index (χ1) is 7.79. The van der Waals surface area contributed by atoms with Crippen molar-refractivity contribution in [3.63, 3.8) is 0 Å². The van der Waals surface area contributed by atoms with Gasteiger partial charge in [-0.25, -0.2) is 0 Å². The van der Waals surface area contributed by atoms with Crippen molar-refractivity contribution in [3.8, 4) is 5.75 Å². The maximum Gasteiger partial charge on any atom is 0.133 e. The quantitative estimate of drug-likeness (QED) is 0.799. The first-order valence-corrected chi connectivity index (χ1v) is 7.04. The van der Waals surface area contributed by atoms with Crippen molar-refractivity contribution in [3.05, 3.63) is 24.3 Å². The Morgan fingerprint density at radius 3 is 2.69 bits per heavy atom. The third-order valence-electron chi connectivity index (χ3n) is 3.26. The molecule has 1 saturated carbocycles. The van der Waals surface area contributed by atoms with Crippen molar-refractivity contribution in [2.45, 2.75) is 36.2 Å². The molecule has 1 aliphatic rings. The number of hydrogen-bond acceptors (Lipinski definition) is 3. The van der Waals surface area contributed by atoms with Crippen LogP contribution < -0.4 is 10.5 Å². The minimum Gasteiger partial charge on any atom is -0.486 e. The lowest BCUT2D eigenvalue weighted by molar-refractivity contribution is -0.0147. The molecular formula is C13H19NOS. The van der Waals surface area contributed by atoms with Gasteiger partial charge in [-0.3, -0.25) is 0 Å². The summed E-state index contributed by atoms with van der Waals surface area (Å²) >= 11 is 1.73. The molecular weight excluding hydrogens is 218 g/mol. The maximum absolute atomic E-state index is 6.20. The summed E-state index contributed by atoms with van der Waals surface area (Å²) in [4.78, 5) is 1.21. The summed E-state index contributed by atoms with van der Waals surface area (Å²) in [6.45, 7) is 0.710. The van der Waals surface area contributed by atoms with Crippen molar-refractivity contribution in [2.75, 3.05) is 12.8 Å². The molecule has 1 aromatic carbocycles. The molecule has 0 aromatic heterocycles. The van der Waals surface area contributed by atoms with Crippen molar-refractivity contribution < 1.29 is 4.74 Å². The highest BCUT2D eigenvalue weighted by Crippen LogP contribution is 2.41. The van der Waals surface area contributed by atoms with Crippen LogP contribution in [0.15, 0.2) is 29.2 Å². The maximum atomic E-state index is 6.20. The summed E-state index contributed by atoms with van der Waals surface area (Å²) in [6, 6.07) is 8.25. The van der Waals surface area contributed by atoms with Crippen LogP contribution in [0.4, 0.5) is 0 Å². The van der Waals surface area contributed by atoms with E-state index in [0.717, 1.165) is 25.0 Å². The van der Waals surface area contributed by atoms with Gasteiger partial charge in [0, 0.05) is 4.90 Å². The fraction of sp³-hybridized carbons (Fsp3) is 0.538. The third-order valence-corrected chi connectivity index (χ3v) is 4.04. The zero-order chi connectivity index (χ0) is 11.4. The van der Waals surface area contributed by atoms with Gasteiger partial charge >= 0.3 is 0 Å². The number of nitrogens with two attached hydrogens (primary N) is 1. The van der Waals surface area contributed by atoms with Crippen molar-refractivity contribution in [1.82, 2.24) is 0 Å². The minimum absolute atomic E-state index is 0.0284. The molecule has 0 spiro atoms. The van der Waals surface area contributed by atoms with Gasteiger partial charge < -0.3 is 10.5 Å². The van der Waals surface area contributed by atoms with Gasteiger partial charge in [-0.2, -0.15) is 0 Å². The highest BCUT2D eigenvalue weighted by atomic mass is 32.2. The molecule has 0 heterocycles. The van der Waals surface area contributed by atoms with E-state index in [0.29, 0.717) is 6.54 Å². The van der Waals surface area contributed by atoms with Gasteiger partial charge in [0.05, 0.1) is 0 Å². The van der Waals surface area contributed by atoms with E-state index in [-0.39, 0.29) is 5.60 Å². The molecule has 1 fully saturated rings. The van der Waals surface area contributed by atoms with Crippen LogP contribution in [0, 0.1) is 0 Å². The minimum atomic E-state index is 0.0284. The van der Waals surface area contributed by atoms with Crippen LogP contribution in [0.2, 0.25) is 0 Å². The van der Waals surface area contributed by atoms with E-state index in [9.17, 15) is 0 Å². The largest absolute Gasteiger partial charge is 0.486 e. The summed E-state index contributed by atoms with van der Waals surface area (Å²) in [6.07, 6.45) is 6.61. The van der Waals surface area contributed by atoms with Gasteiger partial charge in [-0.15, -0.1) is 11.8 Å². The Labute approximate surface area is 102 Å². The Hall–Kier alpha value is -0.670. The topological polar surface area (TPSA) is 35.2 Å². The number of hydrogen-bond donors (Lipinski definition) is 1. The highest BCUT2D eigenvalue weighted by Gasteiger charge is 2.38. The van der Waals surface area contributed by atoms with Crippen LogP contribution in [0.1, 0.15) is 25.7 Å². The average molecular weight is 237 g/mol. The summed E-state index contributed by atoms with van der Waals surface area (Å²) in [5.74, 6) is 1.02. The lowest BCUT2D eigenvalue weighted by atomic mass is 9.77. The standard InChI is InChI=1S/C13H19NOS/c1-16-12-6-3-2-5-11(12)15-13(9-10-14)7-4-8-13/h2-3,5-6H,4,7-10,14H2,1H3. The van der Waals surface area contributed by atoms with Gasteiger partial charge in [-0.1, -0.05) is 12.1 Å². The van der Waals surface area contributed by atoms with E-state index in [1.165, 1.54) is 11.3 Å². The van der Waals surface area contributed by atoms with Crippen LogP contribution in [-0.4, -0.2) is 18.4 Å². The smallest absolute Gasteiger partial charge is 0.133 e. The van der Waals surface area contributed by atoms with Crippen LogP contribution in [-0.2, 0) is 0 Å². The Morgan fingerprint density at radius 2 is 2.12 bits per heavy atom. The molecule has 16 heavy (non-hydrogen) atoms. The molecule has 0 saturated heterocycles. The average Bonchev–Trinajstić information content (AvgIpc) is 2.27.